The molecule has 2 aromatic carbocycles. The normalized spacial score (nSPS) is 11.0. The molecule has 0 fully saturated rings. The van der Waals surface area contributed by atoms with Gasteiger partial charge in [-0.1, -0.05) is 24.3 Å². The van der Waals surface area contributed by atoms with Crippen molar-refractivity contribution in [3.05, 3.63) is 81.5 Å². The topological polar surface area (TPSA) is 69.7 Å². The molecule has 0 N–H and O–H groups in total. The minimum atomic E-state index is -0.522. The van der Waals surface area contributed by atoms with Crippen LogP contribution in [0.4, 0.5) is 0 Å². The van der Waals surface area contributed by atoms with E-state index in [0.717, 1.165) is 0 Å². The Hall–Kier alpha value is -3.34. The Balaban J connectivity index is 1.95. The molecule has 0 amide bonds. The third kappa shape index (κ3) is 2.38. The minimum absolute atomic E-state index is 0.326. The number of rotatable bonds is 2. The van der Waals surface area contributed by atoms with Crippen LogP contribution in [0.15, 0.2) is 79.1 Å². The molecule has 5 heteroatoms. The summed E-state index contributed by atoms with van der Waals surface area (Å²) in [6, 6.07) is 16.6. The molecule has 0 atom stereocenters. The van der Waals surface area contributed by atoms with E-state index in [9.17, 15) is 9.59 Å². The van der Waals surface area contributed by atoms with Crippen LogP contribution in [-0.4, -0.2) is 0 Å². The summed E-state index contributed by atoms with van der Waals surface area (Å²) in [5.41, 5.74) is -0.207. The van der Waals surface area contributed by atoms with Gasteiger partial charge in [-0.05, 0) is 24.3 Å². The van der Waals surface area contributed by atoms with Crippen molar-refractivity contribution < 1.29 is 13.6 Å². The smallest absolute Gasteiger partial charge is 0.339 e. The average Bonchev–Trinajstić information content (AvgIpc) is 2.54. The molecule has 2 heterocycles. The van der Waals surface area contributed by atoms with E-state index < -0.39 is 11.3 Å². The molecule has 0 bridgehead atoms. The van der Waals surface area contributed by atoms with Gasteiger partial charge in [0.15, 0.2) is 0 Å². The number of benzene rings is 2. The highest BCUT2D eigenvalue weighted by molar-refractivity contribution is 5.86. The van der Waals surface area contributed by atoms with Gasteiger partial charge in [0, 0.05) is 0 Å². The third-order valence-electron chi connectivity index (χ3n) is 3.44. The van der Waals surface area contributed by atoms with Crippen molar-refractivity contribution in [1.82, 2.24) is 0 Å². The second-order valence-corrected chi connectivity index (χ2v) is 4.95. The maximum Gasteiger partial charge on any atom is 0.339 e. The lowest BCUT2D eigenvalue weighted by molar-refractivity contribution is 0.469. The first kappa shape index (κ1) is 13.3. The van der Waals surface area contributed by atoms with Gasteiger partial charge in [0.1, 0.15) is 22.7 Å². The highest BCUT2D eigenvalue weighted by Gasteiger charge is 2.11. The van der Waals surface area contributed by atoms with Gasteiger partial charge in [-0.15, -0.1) is 0 Å². The van der Waals surface area contributed by atoms with Crippen LogP contribution in [0.2, 0.25) is 0 Å². The van der Waals surface area contributed by atoms with Gasteiger partial charge < -0.3 is 13.6 Å². The predicted molar refractivity (Wildman–Crippen MR) is 85.0 cm³/mol. The third-order valence-corrected chi connectivity index (χ3v) is 3.44. The van der Waals surface area contributed by atoms with Gasteiger partial charge >= 0.3 is 11.3 Å². The Morgan fingerprint density at radius 1 is 0.652 bits per heavy atom. The molecule has 0 aliphatic heterocycles. The molecule has 5 nitrogen and oxygen atoms in total. The van der Waals surface area contributed by atoms with Crippen LogP contribution < -0.4 is 16.0 Å². The second kappa shape index (κ2) is 5.14. The van der Waals surface area contributed by atoms with Gasteiger partial charge in [-0.25, -0.2) is 9.59 Å². The molecule has 0 aliphatic rings. The zero-order valence-corrected chi connectivity index (χ0v) is 11.8. The summed E-state index contributed by atoms with van der Waals surface area (Å²) < 4.78 is 16.1. The van der Waals surface area contributed by atoms with Crippen LogP contribution in [0.25, 0.3) is 21.9 Å². The lowest BCUT2D eigenvalue weighted by Crippen LogP contribution is -2.01. The number of ether oxygens (including phenoxy) is 1. The van der Waals surface area contributed by atoms with Crippen molar-refractivity contribution in [2.45, 2.75) is 0 Å². The summed E-state index contributed by atoms with van der Waals surface area (Å²) in [4.78, 5) is 23.4. The van der Waals surface area contributed by atoms with Crippen LogP contribution in [0.5, 0.6) is 11.5 Å². The fourth-order valence-electron chi connectivity index (χ4n) is 2.45. The first-order valence-electron chi connectivity index (χ1n) is 6.94. The quantitative estimate of drug-likeness (QED) is 0.528. The molecule has 4 rings (SSSR count). The molecule has 0 radical (unpaired) electrons. The summed E-state index contributed by atoms with van der Waals surface area (Å²) in [5.74, 6) is 0.653. The highest BCUT2D eigenvalue weighted by Crippen LogP contribution is 2.31. The summed E-state index contributed by atoms with van der Waals surface area (Å²) in [6.45, 7) is 0. The van der Waals surface area contributed by atoms with E-state index in [-0.39, 0.29) is 0 Å². The molecule has 2 aromatic heterocycles. The molecule has 23 heavy (non-hydrogen) atoms. The average molecular weight is 306 g/mol. The molecule has 0 saturated heterocycles. The molecule has 0 spiro atoms. The van der Waals surface area contributed by atoms with E-state index in [4.69, 9.17) is 13.6 Å². The molecule has 0 saturated carbocycles. The van der Waals surface area contributed by atoms with Gasteiger partial charge in [-0.3, -0.25) is 0 Å². The van der Waals surface area contributed by atoms with Gasteiger partial charge in [0.05, 0.1) is 22.9 Å². The van der Waals surface area contributed by atoms with Crippen LogP contribution in [0.1, 0.15) is 0 Å². The Morgan fingerprint density at radius 2 is 1.09 bits per heavy atom. The Kier molecular flexibility index (Phi) is 2.98. The minimum Gasteiger partial charge on any atom is -0.455 e. The molecule has 0 aliphatic carbocycles. The first-order valence-corrected chi connectivity index (χ1v) is 6.94. The van der Waals surface area contributed by atoms with Crippen LogP contribution in [-0.2, 0) is 0 Å². The van der Waals surface area contributed by atoms with Crippen molar-refractivity contribution in [2.75, 3.05) is 0 Å². The van der Waals surface area contributed by atoms with Crippen molar-refractivity contribution >= 4 is 21.9 Å². The number of fused-ring (bicyclic) bond motifs is 2. The number of para-hydroxylation sites is 2. The van der Waals surface area contributed by atoms with E-state index in [1.807, 2.05) is 12.1 Å². The summed E-state index contributed by atoms with van der Waals surface area (Å²) in [7, 11) is 0. The van der Waals surface area contributed by atoms with Gasteiger partial charge in [0.25, 0.3) is 0 Å². The van der Waals surface area contributed by atoms with Crippen LogP contribution in [0, 0.1) is 0 Å². The zero-order chi connectivity index (χ0) is 15.8. The van der Waals surface area contributed by atoms with E-state index in [1.165, 1.54) is 12.1 Å². The number of hydrogen-bond donors (Lipinski definition) is 0. The van der Waals surface area contributed by atoms with Crippen molar-refractivity contribution in [3.8, 4) is 11.5 Å². The Morgan fingerprint density at radius 3 is 1.57 bits per heavy atom. The predicted octanol–water partition coefficient (Wildman–Crippen LogP) is 3.69. The molecular formula is C18H10O5. The zero-order valence-electron chi connectivity index (χ0n) is 11.8. The number of hydrogen-bond acceptors (Lipinski definition) is 5. The Labute approximate surface area is 129 Å². The largest absolute Gasteiger partial charge is 0.455 e. The fraction of sp³-hybridized carbons (Fsp3) is 0. The van der Waals surface area contributed by atoms with Gasteiger partial charge in [0.2, 0.25) is 0 Å². The van der Waals surface area contributed by atoms with Crippen molar-refractivity contribution in [3.63, 3.8) is 0 Å². The van der Waals surface area contributed by atoms with Crippen LogP contribution >= 0.6 is 0 Å². The first-order chi connectivity index (χ1) is 11.2. The van der Waals surface area contributed by atoms with Crippen molar-refractivity contribution in [2.24, 2.45) is 0 Å². The van der Waals surface area contributed by atoms with Crippen LogP contribution in [0.3, 0.4) is 0 Å². The lowest BCUT2D eigenvalue weighted by Gasteiger charge is -2.09. The summed E-state index contributed by atoms with van der Waals surface area (Å²) in [5, 5.41) is 1.29. The monoisotopic (exact) mass is 306 g/mol. The van der Waals surface area contributed by atoms with E-state index in [0.29, 0.717) is 33.4 Å². The van der Waals surface area contributed by atoms with E-state index in [2.05, 4.69) is 0 Å². The SMILES string of the molecule is O=c1cc(Oc2cc(=O)oc3ccccc23)c2ccccc2o1. The second-order valence-electron chi connectivity index (χ2n) is 4.95. The van der Waals surface area contributed by atoms with E-state index in [1.54, 1.807) is 36.4 Å². The molecule has 4 aromatic rings. The van der Waals surface area contributed by atoms with E-state index >= 15 is 0 Å². The fourth-order valence-corrected chi connectivity index (χ4v) is 2.45. The molecular weight excluding hydrogens is 296 g/mol. The summed E-state index contributed by atoms with van der Waals surface area (Å²) >= 11 is 0. The summed E-state index contributed by atoms with van der Waals surface area (Å²) in [6.07, 6.45) is 0. The maximum atomic E-state index is 11.7. The molecule has 112 valence electrons. The lowest BCUT2D eigenvalue weighted by atomic mass is 10.2. The molecule has 0 unspecified atom stereocenters. The highest BCUT2D eigenvalue weighted by atomic mass is 16.5. The standard InChI is InChI=1S/C18H10O5/c19-17-9-15(11-5-1-3-7-13(11)22-17)21-16-10-18(20)23-14-8-4-2-6-12(14)16/h1-10H. The Bertz CT molecular complexity index is 1050. The van der Waals surface area contributed by atoms with Crippen molar-refractivity contribution in [1.29, 1.82) is 0 Å². The maximum absolute atomic E-state index is 11.7. The van der Waals surface area contributed by atoms with Gasteiger partial charge in [-0.2, -0.15) is 0 Å².